The molecular formula is C42H49ClN6O5. The Morgan fingerprint density at radius 1 is 0.667 bits per heavy atom. The molecule has 0 radical (unpaired) electrons. The van der Waals surface area contributed by atoms with Gasteiger partial charge in [-0.1, -0.05) is 60.7 Å². The van der Waals surface area contributed by atoms with Gasteiger partial charge in [-0.25, -0.2) is 14.8 Å². The van der Waals surface area contributed by atoms with E-state index in [9.17, 15) is 9.59 Å². The molecule has 11 nitrogen and oxygen atoms in total. The molecule has 4 N–H and O–H groups in total. The third-order valence-electron chi connectivity index (χ3n) is 9.63. The average Bonchev–Trinajstić information content (AvgIpc) is 3.85. The molecule has 0 saturated carbocycles. The van der Waals surface area contributed by atoms with Gasteiger partial charge in [0.1, 0.15) is 11.4 Å². The van der Waals surface area contributed by atoms with Gasteiger partial charge in [0, 0.05) is 56.4 Å². The predicted molar refractivity (Wildman–Crippen MR) is 217 cm³/mol. The van der Waals surface area contributed by atoms with Crippen LogP contribution in [0, 0.1) is 0 Å². The molecule has 2 atom stereocenters. The standard InChI is InChI=1S/C21H23N3O2.C12H18N2O.C9H7NO2.ClH/c1-15(16-6-8-18(9-7-16)24-10-12-26-13-11-24)22-21(25)20-14-17-4-2-3-5-19(17)23-20;1-10(13)11-2-4-12(5-3-11)14-6-8-15-9-7-14;11-9(12)8-5-6-3-1-2-4-7(6)10-8;/h2-9,15H,10-14H2,1H3,(H,22,25);2-5,10H,6-9,13H2,1H3;1-4H,5H2,(H,11,12);1H/t15-;10-;;/m11../s1. The summed E-state index contributed by atoms with van der Waals surface area (Å²) in [6.45, 7) is 11.0. The molecule has 4 aliphatic heterocycles. The van der Waals surface area contributed by atoms with Crippen molar-refractivity contribution in [2.45, 2.75) is 38.8 Å². The molecule has 0 unspecified atom stereocenters. The van der Waals surface area contributed by atoms with Crippen LogP contribution in [0.15, 0.2) is 107 Å². The second-order valence-corrected chi connectivity index (χ2v) is 13.4. The predicted octanol–water partition coefficient (Wildman–Crippen LogP) is 6.39. The molecule has 0 bridgehead atoms. The van der Waals surface area contributed by atoms with E-state index in [1.807, 2.05) is 62.4 Å². The van der Waals surface area contributed by atoms with Crippen LogP contribution in [0.3, 0.4) is 0 Å². The van der Waals surface area contributed by atoms with Gasteiger partial charge in [-0.15, -0.1) is 12.4 Å². The minimum atomic E-state index is -0.925. The Kier molecular flexibility index (Phi) is 14.4. The Bertz CT molecular complexity index is 1920. The number of halogens is 1. The zero-order valence-electron chi connectivity index (χ0n) is 30.8. The first-order chi connectivity index (χ1) is 25.7. The van der Waals surface area contributed by atoms with E-state index < -0.39 is 5.97 Å². The molecule has 2 fully saturated rings. The molecule has 284 valence electrons. The molecule has 4 aliphatic rings. The number of benzene rings is 4. The maximum atomic E-state index is 12.5. The highest BCUT2D eigenvalue weighted by atomic mass is 35.5. The number of aliphatic carboxylic acids is 1. The first kappa shape index (κ1) is 40.1. The summed E-state index contributed by atoms with van der Waals surface area (Å²) in [7, 11) is 0. The molecule has 8 rings (SSSR count). The normalized spacial score (nSPS) is 16.7. The van der Waals surface area contributed by atoms with E-state index in [-0.39, 0.29) is 36.1 Å². The molecule has 0 aromatic heterocycles. The lowest BCUT2D eigenvalue weighted by atomic mass is 10.1. The van der Waals surface area contributed by atoms with Crippen LogP contribution >= 0.6 is 12.4 Å². The number of carbonyl (C=O) groups is 2. The van der Waals surface area contributed by atoms with Crippen molar-refractivity contribution in [3.8, 4) is 0 Å². The largest absolute Gasteiger partial charge is 0.477 e. The Balaban J connectivity index is 0.000000170. The maximum Gasteiger partial charge on any atom is 0.350 e. The summed E-state index contributed by atoms with van der Waals surface area (Å²) in [6, 6.07) is 32.3. The Morgan fingerprint density at radius 2 is 1.09 bits per heavy atom. The third kappa shape index (κ3) is 10.5. The number of amides is 1. The van der Waals surface area contributed by atoms with Crippen molar-refractivity contribution in [3.63, 3.8) is 0 Å². The lowest BCUT2D eigenvalue weighted by Gasteiger charge is -2.29. The number of carboxylic acids is 1. The van der Waals surface area contributed by atoms with Crippen LogP contribution in [0.25, 0.3) is 0 Å². The van der Waals surface area contributed by atoms with Crippen LogP contribution in [0.5, 0.6) is 0 Å². The SMILES string of the molecule is C[C@@H](N)c1ccc(N2CCOCC2)cc1.C[C@@H](NC(=O)C1=Nc2ccccc2C1)c1ccc(N2CCOCC2)cc1.Cl.O=C(O)C1=Nc2ccccc2C1. The van der Waals surface area contributed by atoms with Crippen LogP contribution in [-0.4, -0.2) is 81.0 Å². The van der Waals surface area contributed by atoms with E-state index >= 15 is 0 Å². The van der Waals surface area contributed by atoms with Crippen molar-refractivity contribution >= 4 is 58.5 Å². The van der Waals surface area contributed by atoms with Crippen molar-refractivity contribution in [2.75, 3.05) is 62.4 Å². The Labute approximate surface area is 323 Å². The summed E-state index contributed by atoms with van der Waals surface area (Å²) in [6.07, 6.45) is 1.05. The lowest BCUT2D eigenvalue weighted by molar-refractivity contribution is -0.129. The van der Waals surface area contributed by atoms with Crippen molar-refractivity contribution in [3.05, 3.63) is 119 Å². The van der Waals surface area contributed by atoms with Crippen molar-refractivity contribution in [1.82, 2.24) is 5.32 Å². The number of hydrogen-bond acceptors (Lipinski definition) is 9. The number of aliphatic imine (C=N–C) groups is 2. The lowest BCUT2D eigenvalue weighted by Crippen LogP contribution is -2.36. The van der Waals surface area contributed by atoms with Gasteiger partial charge in [0.25, 0.3) is 5.91 Å². The summed E-state index contributed by atoms with van der Waals surface area (Å²) < 4.78 is 10.7. The molecule has 2 saturated heterocycles. The summed E-state index contributed by atoms with van der Waals surface area (Å²) in [5.41, 5.74) is 15.2. The van der Waals surface area contributed by atoms with Crippen molar-refractivity contribution < 1.29 is 24.2 Å². The number of anilines is 2. The van der Waals surface area contributed by atoms with Gasteiger partial charge in [0.05, 0.1) is 43.8 Å². The topological polar surface area (TPSA) is 142 Å². The van der Waals surface area contributed by atoms with Crippen LogP contribution in [-0.2, 0) is 31.9 Å². The Morgan fingerprint density at radius 3 is 1.54 bits per heavy atom. The van der Waals surface area contributed by atoms with Gasteiger partial charge in [0.15, 0.2) is 0 Å². The van der Waals surface area contributed by atoms with Gasteiger partial charge in [-0.2, -0.15) is 0 Å². The second-order valence-electron chi connectivity index (χ2n) is 13.4. The van der Waals surface area contributed by atoms with Crippen LogP contribution in [0.2, 0.25) is 0 Å². The molecule has 12 heteroatoms. The summed E-state index contributed by atoms with van der Waals surface area (Å²) in [4.78, 5) is 36.2. The first-order valence-corrected chi connectivity index (χ1v) is 18.2. The van der Waals surface area contributed by atoms with Crippen LogP contribution in [0.4, 0.5) is 22.7 Å². The number of nitrogens with two attached hydrogens (primary N) is 1. The highest BCUT2D eigenvalue weighted by Gasteiger charge is 2.22. The smallest absolute Gasteiger partial charge is 0.350 e. The number of carboxylic acid groups (broad SMARTS) is 1. The minimum absolute atomic E-state index is 0. The number of ether oxygens (including phenoxy) is 2. The van der Waals surface area contributed by atoms with E-state index in [1.165, 1.54) is 16.9 Å². The highest BCUT2D eigenvalue weighted by Crippen LogP contribution is 2.27. The summed E-state index contributed by atoms with van der Waals surface area (Å²) in [5.74, 6) is -1.02. The number of carbonyl (C=O) groups excluding carboxylic acids is 1. The number of para-hydroxylation sites is 2. The molecule has 4 aromatic rings. The molecule has 4 aromatic carbocycles. The molecule has 54 heavy (non-hydrogen) atoms. The number of fused-ring (bicyclic) bond motifs is 2. The zero-order chi connectivity index (χ0) is 37.2. The fourth-order valence-corrected chi connectivity index (χ4v) is 6.49. The van der Waals surface area contributed by atoms with Gasteiger partial charge in [-0.3, -0.25) is 4.79 Å². The average molecular weight is 753 g/mol. The van der Waals surface area contributed by atoms with Crippen LogP contribution in [0.1, 0.15) is 48.2 Å². The Hall–Kier alpha value is -5.07. The van der Waals surface area contributed by atoms with E-state index in [0.717, 1.165) is 80.7 Å². The first-order valence-electron chi connectivity index (χ1n) is 18.2. The number of morpholine rings is 2. The molecule has 0 spiro atoms. The van der Waals surface area contributed by atoms with E-state index in [1.54, 1.807) is 0 Å². The van der Waals surface area contributed by atoms with E-state index in [2.05, 4.69) is 73.6 Å². The number of rotatable bonds is 7. The van der Waals surface area contributed by atoms with Gasteiger partial charge >= 0.3 is 5.97 Å². The van der Waals surface area contributed by atoms with Crippen molar-refractivity contribution in [2.24, 2.45) is 15.7 Å². The number of nitrogens with one attached hydrogen (secondary N) is 1. The van der Waals surface area contributed by atoms with Crippen LogP contribution < -0.4 is 20.9 Å². The van der Waals surface area contributed by atoms with Crippen molar-refractivity contribution in [1.29, 1.82) is 0 Å². The highest BCUT2D eigenvalue weighted by molar-refractivity contribution is 6.41. The van der Waals surface area contributed by atoms with Gasteiger partial charge in [0.2, 0.25) is 0 Å². The maximum absolute atomic E-state index is 12.5. The monoisotopic (exact) mass is 752 g/mol. The molecule has 4 heterocycles. The number of hydrogen-bond donors (Lipinski definition) is 3. The summed E-state index contributed by atoms with van der Waals surface area (Å²) >= 11 is 0. The van der Waals surface area contributed by atoms with Gasteiger partial charge < -0.3 is 35.4 Å². The molecule has 0 aliphatic carbocycles. The minimum Gasteiger partial charge on any atom is -0.477 e. The number of nitrogens with zero attached hydrogens (tertiary/aromatic N) is 4. The fourth-order valence-electron chi connectivity index (χ4n) is 6.49. The quantitative estimate of drug-likeness (QED) is 0.197. The van der Waals surface area contributed by atoms with E-state index in [0.29, 0.717) is 18.6 Å². The molecular weight excluding hydrogens is 704 g/mol. The third-order valence-corrected chi connectivity index (χ3v) is 9.63. The van der Waals surface area contributed by atoms with Gasteiger partial charge in [-0.05, 0) is 72.5 Å². The second kappa shape index (κ2) is 19.3. The zero-order valence-corrected chi connectivity index (χ0v) is 31.6. The van der Waals surface area contributed by atoms with E-state index in [4.69, 9.17) is 20.3 Å². The fraction of sp³-hybridized carbons (Fsp3) is 0.333. The summed E-state index contributed by atoms with van der Waals surface area (Å²) in [5, 5.41) is 11.7. The molecule has 1 amide bonds.